The van der Waals surface area contributed by atoms with Gasteiger partial charge in [-0.3, -0.25) is 4.79 Å². The molecule has 1 saturated heterocycles. The number of piperidine rings is 1. The number of benzene rings is 2. The zero-order valence-electron chi connectivity index (χ0n) is 31.1. The summed E-state index contributed by atoms with van der Waals surface area (Å²) < 4.78 is 34.2. The van der Waals surface area contributed by atoms with Crippen LogP contribution in [0.2, 0.25) is 0 Å². The minimum Gasteiger partial charge on any atom is -0.491 e. The molecule has 6 bridgehead atoms. The molecule has 3 aliphatic rings. The summed E-state index contributed by atoms with van der Waals surface area (Å²) in [5, 5.41) is 19.2. The van der Waals surface area contributed by atoms with Crippen LogP contribution in [0.4, 0.5) is 22.4 Å². The van der Waals surface area contributed by atoms with E-state index >= 15 is 0 Å². The largest absolute Gasteiger partial charge is 0.491 e. The van der Waals surface area contributed by atoms with Crippen molar-refractivity contribution in [2.45, 2.75) is 58.7 Å². The molecule has 1 aromatic heterocycles. The number of carboxylic acids is 1. The van der Waals surface area contributed by atoms with E-state index in [1.807, 2.05) is 31.2 Å². The molecule has 54 heavy (non-hydrogen) atoms. The van der Waals surface area contributed by atoms with Gasteiger partial charge < -0.3 is 54.4 Å². The summed E-state index contributed by atoms with van der Waals surface area (Å²) in [6, 6.07) is 11.2. The first-order valence-electron chi connectivity index (χ1n) is 18.0. The smallest absolute Gasteiger partial charge is 0.410 e. The van der Waals surface area contributed by atoms with Gasteiger partial charge in [0.05, 0.1) is 38.6 Å². The average molecular weight is 752 g/mol. The summed E-state index contributed by atoms with van der Waals surface area (Å²) in [7, 11) is 0. The Labute approximate surface area is 314 Å². The predicted molar refractivity (Wildman–Crippen MR) is 197 cm³/mol. The van der Waals surface area contributed by atoms with Gasteiger partial charge in [0, 0.05) is 37.3 Å². The number of likely N-dealkylation sites (tertiary alicyclic amines) is 1. The van der Waals surface area contributed by atoms with Crippen LogP contribution in [0, 0.1) is 5.92 Å². The van der Waals surface area contributed by atoms with Crippen molar-refractivity contribution in [3.63, 3.8) is 0 Å². The number of hydrogen-bond acceptors (Lipinski definition) is 14. The molecule has 2 amide bonds. The fourth-order valence-electron chi connectivity index (χ4n) is 5.73. The lowest BCUT2D eigenvalue weighted by atomic mass is 9.90. The number of nitrogens with zero attached hydrogens (tertiary/aromatic N) is 4. The number of anilines is 3. The summed E-state index contributed by atoms with van der Waals surface area (Å²) in [5.74, 6) is -1.12. The highest BCUT2D eigenvalue weighted by molar-refractivity contribution is 5.99. The molecule has 6 rings (SSSR count). The van der Waals surface area contributed by atoms with E-state index in [1.54, 1.807) is 32.9 Å². The van der Waals surface area contributed by atoms with E-state index in [0.29, 0.717) is 70.4 Å². The zero-order chi connectivity index (χ0) is 38.5. The standard InChI is InChI=1S/C37H49N7O10/c1-5-51-35-42-33-38-22-24-8-11-27(12-9-24)52-19-17-49-15-16-50-18-20-53-29-21-26(39-34(41-33)43-35)10-13-28(29)31(45)40-30(32(46)47)25-7-6-14-44(23-25)36(48)54-37(2,3)4/h8-13,21,25,30H,5-7,14-20,22-23H2,1-4H3,(H,40,45)(H,46,47)(H2,38,39,41,42,43). The van der Waals surface area contributed by atoms with Crippen molar-refractivity contribution in [3.05, 3.63) is 53.6 Å². The molecule has 0 aliphatic carbocycles. The zero-order valence-corrected chi connectivity index (χ0v) is 31.1. The quantitative estimate of drug-likeness (QED) is 0.260. The Hall–Kier alpha value is -5.42. The first-order valence-corrected chi connectivity index (χ1v) is 18.0. The first-order chi connectivity index (χ1) is 26.0. The summed E-state index contributed by atoms with van der Waals surface area (Å²) in [6.07, 6.45) is 0.529. The number of hydrogen-bond donors (Lipinski definition) is 4. The lowest BCUT2D eigenvalue weighted by Gasteiger charge is -2.36. The fraction of sp³-hybridized carbons (Fsp3) is 0.514. The van der Waals surface area contributed by atoms with Crippen molar-refractivity contribution in [1.29, 1.82) is 0 Å². The Morgan fingerprint density at radius 1 is 0.963 bits per heavy atom. The lowest BCUT2D eigenvalue weighted by Crippen LogP contribution is -2.53. The van der Waals surface area contributed by atoms with Gasteiger partial charge >= 0.3 is 18.1 Å². The molecule has 4 N–H and O–H groups in total. The van der Waals surface area contributed by atoms with Crippen LogP contribution in [0.1, 0.15) is 56.5 Å². The summed E-state index contributed by atoms with van der Waals surface area (Å²) in [6.45, 7) is 10.1. The number of carbonyl (C=O) groups is 3. The molecule has 0 saturated carbocycles. The highest BCUT2D eigenvalue weighted by atomic mass is 16.6. The Balaban J connectivity index is 1.37. The van der Waals surface area contributed by atoms with Gasteiger partial charge in [0.25, 0.3) is 5.91 Å². The Bertz CT molecular complexity index is 1720. The van der Waals surface area contributed by atoms with Crippen LogP contribution in [0.5, 0.6) is 17.5 Å². The van der Waals surface area contributed by atoms with Crippen LogP contribution in [-0.2, 0) is 25.5 Å². The number of rotatable bonds is 6. The van der Waals surface area contributed by atoms with Crippen molar-refractivity contribution in [2.24, 2.45) is 5.92 Å². The van der Waals surface area contributed by atoms with E-state index in [9.17, 15) is 19.5 Å². The minimum atomic E-state index is -1.28. The number of aromatic nitrogens is 3. The lowest BCUT2D eigenvalue weighted by molar-refractivity contribution is -0.141. The number of carboxylic acid groups (broad SMARTS) is 1. The molecule has 292 valence electrons. The van der Waals surface area contributed by atoms with Crippen LogP contribution in [0.3, 0.4) is 0 Å². The predicted octanol–water partition coefficient (Wildman–Crippen LogP) is 4.26. The molecule has 1 fully saturated rings. The van der Waals surface area contributed by atoms with E-state index < -0.39 is 35.5 Å². The second-order valence-electron chi connectivity index (χ2n) is 13.6. The number of fused-ring (bicyclic) bond motifs is 12. The number of nitrogens with one attached hydrogen (secondary N) is 3. The third-order valence-corrected chi connectivity index (χ3v) is 8.23. The Kier molecular flexibility index (Phi) is 14.0. The van der Waals surface area contributed by atoms with Gasteiger partial charge in [0.1, 0.15) is 36.4 Å². The maximum absolute atomic E-state index is 13.8. The van der Waals surface area contributed by atoms with Crippen LogP contribution in [0.25, 0.3) is 0 Å². The van der Waals surface area contributed by atoms with E-state index in [0.717, 1.165) is 5.56 Å². The third kappa shape index (κ3) is 12.1. The molecule has 0 radical (unpaired) electrons. The van der Waals surface area contributed by atoms with Crippen molar-refractivity contribution >= 4 is 35.6 Å². The molecular formula is C37H49N7O10. The third-order valence-electron chi connectivity index (χ3n) is 8.23. The summed E-state index contributed by atoms with van der Waals surface area (Å²) in [4.78, 5) is 53.8. The van der Waals surface area contributed by atoms with E-state index in [2.05, 4.69) is 30.9 Å². The molecular weight excluding hydrogens is 702 g/mol. The van der Waals surface area contributed by atoms with Crippen molar-refractivity contribution < 1.29 is 47.9 Å². The van der Waals surface area contributed by atoms with E-state index in [1.165, 1.54) is 11.0 Å². The van der Waals surface area contributed by atoms with Gasteiger partial charge in [0.2, 0.25) is 11.9 Å². The van der Waals surface area contributed by atoms with Gasteiger partial charge in [-0.1, -0.05) is 12.1 Å². The van der Waals surface area contributed by atoms with Gasteiger partial charge in [-0.25, -0.2) is 9.59 Å². The van der Waals surface area contributed by atoms with Crippen molar-refractivity contribution in [3.8, 4) is 17.5 Å². The first kappa shape index (κ1) is 39.8. The highest BCUT2D eigenvalue weighted by Gasteiger charge is 2.36. The number of amides is 2. The molecule has 3 aliphatic heterocycles. The summed E-state index contributed by atoms with van der Waals surface area (Å²) >= 11 is 0. The van der Waals surface area contributed by atoms with Gasteiger partial charge in [-0.15, -0.1) is 0 Å². The van der Waals surface area contributed by atoms with Crippen LogP contribution in [-0.4, -0.2) is 114 Å². The summed E-state index contributed by atoms with van der Waals surface area (Å²) in [5.41, 5.74) is 0.828. The normalized spacial score (nSPS) is 17.7. The Morgan fingerprint density at radius 3 is 2.37 bits per heavy atom. The van der Waals surface area contributed by atoms with Gasteiger partial charge in [-0.05, 0) is 70.4 Å². The van der Waals surface area contributed by atoms with Gasteiger partial charge in [-0.2, -0.15) is 15.0 Å². The maximum atomic E-state index is 13.8. The van der Waals surface area contributed by atoms with Crippen LogP contribution < -0.4 is 30.2 Å². The molecule has 4 heterocycles. The van der Waals surface area contributed by atoms with Crippen LogP contribution in [0.15, 0.2) is 42.5 Å². The molecule has 2 atom stereocenters. The number of aliphatic carboxylic acids is 1. The molecule has 2 aromatic carbocycles. The van der Waals surface area contributed by atoms with Crippen molar-refractivity contribution in [1.82, 2.24) is 25.2 Å². The van der Waals surface area contributed by atoms with E-state index in [-0.39, 0.29) is 49.0 Å². The molecule has 3 aromatic rings. The average Bonchev–Trinajstić information content (AvgIpc) is 3.13. The molecule has 0 spiro atoms. The second kappa shape index (κ2) is 19.1. The molecule has 17 nitrogen and oxygen atoms in total. The molecule has 2 unspecified atom stereocenters. The second-order valence-corrected chi connectivity index (χ2v) is 13.6. The SMILES string of the molecule is CCOc1nc2nc(n1)Nc1ccc(C(=O)NC(C(=O)O)C3CCCN(C(=O)OC(C)(C)C)C3)c(c1)OCCOCCOCCOc1ccc(cc1)CN2. The highest BCUT2D eigenvalue weighted by Crippen LogP contribution is 2.28. The van der Waals surface area contributed by atoms with Crippen molar-refractivity contribution in [2.75, 3.05) is 70.0 Å². The monoisotopic (exact) mass is 751 g/mol. The fourth-order valence-corrected chi connectivity index (χ4v) is 5.73. The minimum absolute atomic E-state index is 0.0762. The van der Waals surface area contributed by atoms with E-state index in [4.69, 9.17) is 28.4 Å². The maximum Gasteiger partial charge on any atom is 0.410 e. The number of carbonyl (C=O) groups excluding carboxylic acids is 2. The van der Waals surface area contributed by atoms with Gasteiger partial charge in [0.15, 0.2) is 0 Å². The topological polar surface area (TPSA) is 205 Å². The molecule has 17 heteroatoms. The van der Waals surface area contributed by atoms with Crippen LogP contribution >= 0.6 is 0 Å². The Morgan fingerprint density at radius 2 is 1.67 bits per heavy atom. The number of ether oxygens (including phenoxy) is 6.